The van der Waals surface area contributed by atoms with Gasteiger partial charge in [-0.2, -0.15) is 0 Å². The number of ether oxygens (including phenoxy) is 1. The second-order valence-electron chi connectivity index (χ2n) is 4.75. The third-order valence-corrected chi connectivity index (χ3v) is 4.00. The summed E-state index contributed by atoms with van der Waals surface area (Å²) in [6.45, 7) is 0. The van der Waals surface area contributed by atoms with E-state index in [2.05, 4.69) is 15.3 Å². The summed E-state index contributed by atoms with van der Waals surface area (Å²) in [6, 6.07) is 17.2. The number of nitrogen functional groups attached to an aromatic ring is 1. The average Bonchev–Trinajstić information content (AvgIpc) is 2.56. The zero-order valence-electron chi connectivity index (χ0n) is 12.6. The first-order chi connectivity index (χ1) is 11.2. The van der Waals surface area contributed by atoms with Gasteiger partial charge < -0.3 is 15.8 Å². The Labute approximate surface area is 138 Å². The summed E-state index contributed by atoms with van der Waals surface area (Å²) in [5.41, 5.74) is 7.32. The largest absolute Gasteiger partial charge is 0.497 e. The van der Waals surface area contributed by atoms with Crippen molar-refractivity contribution in [2.24, 2.45) is 0 Å². The van der Waals surface area contributed by atoms with E-state index in [1.54, 1.807) is 25.1 Å². The van der Waals surface area contributed by atoms with Gasteiger partial charge in [-0.15, -0.1) is 0 Å². The first-order valence-electron chi connectivity index (χ1n) is 7.00. The first-order valence-corrected chi connectivity index (χ1v) is 7.82. The van der Waals surface area contributed by atoms with Crippen molar-refractivity contribution in [1.82, 2.24) is 9.97 Å². The van der Waals surface area contributed by atoms with E-state index in [1.807, 2.05) is 54.6 Å². The van der Waals surface area contributed by atoms with E-state index < -0.39 is 0 Å². The van der Waals surface area contributed by atoms with E-state index in [9.17, 15) is 0 Å². The van der Waals surface area contributed by atoms with Gasteiger partial charge in [0.1, 0.15) is 10.8 Å². The molecule has 0 unspecified atom stereocenters. The number of anilines is 3. The molecule has 0 atom stereocenters. The number of nitrogens with zero attached hydrogens (tertiary/aromatic N) is 2. The predicted molar refractivity (Wildman–Crippen MR) is 93.3 cm³/mol. The molecule has 0 spiro atoms. The summed E-state index contributed by atoms with van der Waals surface area (Å²) in [5.74, 6) is 1.37. The Hall–Kier alpha value is -2.73. The second kappa shape index (κ2) is 7.02. The highest BCUT2D eigenvalue weighted by atomic mass is 32.2. The van der Waals surface area contributed by atoms with Crippen molar-refractivity contribution in [2.45, 2.75) is 9.92 Å². The molecular formula is C17H16N4OS. The van der Waals surface area contributed by atoms with Crippen molar-refractivity contribution in [3.63, 3.8) is 0 Å². The van der Waals surface area contributed by atoms with Crippen LogP contribution in [-0.4, -0.2) is 17.1 Å². The predicted octanol–water partition coefficient (Wildman–Crippen LogP) is 3.96. The highest BCUT2D eigenvalue weighted by Crippen LogP contribution is 2.28. The quantitative estimate of drug-likeness (QED) is 0.546. The normalized spacial score (nSPS) is 10.3. The van der Waals surface area contributed by atoms with Crippen LogP contribution in [0.1, 0.15) is 0 Å². The Balaban J connectivity index is 1.74. The van der Waals surface area contributed by atoms with E-state index in [4.69, 9.17) is 10.5 Å². The van der Waals surface area contributed by atoms with Crippen LogP contribution in [0.15, 0.2) is 70.7 Å². The minimum Gasteiger partial charge on any atom is -0.497 e. The van der Waals surface area contributed by atoms with Gasteiger partial charge in [0.2, 0.25) is 5.95 Å². The molecule has 116 valence electrons. The molecule has 23 heavy (non-hydrogen) atoms. The minimum atomic E-state index is 0.536. The lowest BCUT2D eigenvalue weighted by Crippen LogP contribution is -1.98. The van der Waals surface area contributed by atoms with Gasteiger partial charge in [0.15, 0.2) is 0 Å². The molecule has 0 saturated carbocycles. The van der Waals surface area contributed by atoms with Gasteiger partial charge in [-0.3, -0.25) is 0 Å². The fraction of sp³-hybridized carbons (Fsp3) is 0.0588. The van der Waals surface area contributed by atoms with Gasteiger partial charge in [-0.05, 0) is 48.5 Å². The fourth-order valence-electron chi connectivity index (χ4n) is 1.97. The van der Waals surface area contributed by atoms with Crippen molar-refractivity contribution >= 4 is 29.1 Å². The molecule has 3 aromatic rings. The molecule has 0 amide bonds. The standard InChI is InChI=1S/C17H16N4OS/c1-22-14-5-7-15(8-6-14)23-16-9-10-19-17(21-16)20-13-4-2-3-12(18)11-13/h2-11H,18H2,1H3,(H,19,20,21). The Kier molecular flexibility index (Phi) is 4.63. The molecule has 5 nitrogen and oxygen atoms in total. The van der Waals surface area contributed by atoms with Gasteiger partial charge in [0, 0.05) is 22.5 Å². The molecule has 3 rings (SSSR count). The molecular weight excluding hydrogens is 308 g/mol. The second-order valence-corrected chi connectivity index (χ2v) is 5.84. The maximum atomic E-state index is 5.77. The van der Waals surface area contributed by atoms with Crippen LogP contribution in [0.2, 0.25) is 0 Å². The van der Waals surface area contributed by atoms with Crippen molar-refractivity contribution in [1.29, 1.82) is 0 Å². The molecule has 6 heteroatoms. The van der Waals surface area contributed by atoms with Gasteiger partial charge >= 0.3 is 0 Å². The van der Waals surface area contributed by atoms with E-state index in [0.717, 1.165) is 21.4 Å². The summed E-state index contributed by atoms with van der Waals surface area (Å²) in [4.78, 5) is 9.82. The maximum absolute atomic E-state index is 5.77. The molecule has 0 aliphatic carbocycles. The molecule has 1 aromatic heterocycles. The highest BCUT2D eigenvalue weighted by Gasteiger charge is 2.03. The number of benzene rings is 2. The van der Waals surface area contributed by atoms with Crippen LogP contribution in [0.25, 0.3) is 0 Å². The Bertz CT molecular complexity index is 793. The Morgan fingerprint density at radius 3 is 2.65 bits per heavy atom. The summed E-state index contributed by atoms with van der Waals surface area (Å²) >= 11 is 1.56. The van der Waals surface area contributed by atoms with E-state index >= 15 is 0 Å². The number of hydrogen-bond donors (Lipinski definition) is 2. The Morgan fingerprint density at radius 2 is 1.91 bits per heavy atom. The number of nitrogens with two attached hydrogens (primary N) is 1. The number of rotatable bonds is 5. The van der Waals surface area contributed by atoms with Gasteiger partial charge in [-0.25, -0.2) is 9.97 Å². The topological polar surface area (TPSA) is 73.1 Å². The van der Waals surface area contributed by atoms with Crippen LogP contribution in [0.4, 0.5) is 17.3 Å². The fourth-order valence-corrected chi connectivity index (χ4v) is 2.74. The lowest BCUT2D eigenvalue weighted by molar-refractivity contribution is 0.414. The molecule has 0 bridgehead atoms. The van der Waals surface area contributed by atoms with Crippen molar-refractivity contribution in [3.05, 3.63) is 60.8 Å². The molecule has 3 N–H and O–H groups in total. The number of nitrogens with one attached hydrogen (secondary N) is 1. The molecule has 0 radical (unpaired) electrons. The van der Waals surface area contributed by atoms with Gasteiger partial charge in [0.25, 0.3) is 0 Å². The zero-order valence-corrected chi connectivity index (χ0v) is 13.4. The lowest BCUT2D eigenvalue weighted by atomic mass is 10.3. The van der Waals surface area contributed by atoms with Crippen LogP contribution in [0.3, 0.4) is 0 Å². The average molecular weight is 324 g/mol. The summed E-state index contributed by atoms with van der Waals surface area (Å²) in [7, 11) is 1.65. The smallest absolute Gasteiger partial charge is 0.228 e. The molecule has 0 fully saturated rings. The third-order valence-electron chi connectivity index (χ3n) is 3.05. The molecule has 0 aliphatic rings. The Morgan fingerprint density at radius 1 is 1.09 bits per heavy atom. The van der Waals surface area contributed by atoms with Crippen molar-refractivity contribution in [2.75, 3.05) is 18.2 Å². The van der Waals surface area contributed by atoms with E-state index in [0.29, 0.717) is 11.6 Å². The number of aromatic nitrogens is 2. The van der Waals surface area contributed by atoms with Gasteiger partial charge in [0.05, 0.1) is 7.11 Å². The van der Waals surface area contributed by atoms with Crippen molar-refractivity contribution in [3.8, 4) is 5.75 Å². The van der Waals surface area contributed by atoms with Crippen LogP contribution < -0.4 is 15.8 Å². The van der Waals surface area contributed by atoms with Crippen LogP contribution >= 0.6 is 11.8 Å². The number of hydrogen-bond acceptors (Lipinski definition) is 6. The number of methoxy groups -OCH3 is 1. The van der Waals surface area contributed by atoms with E-state index in [-0.39, 0.29) is 0 Å². The lowest BCUT2D eigenvalue weighted by Gasteiger charge is -2.07. The minimum absolute atomic E-state index is 0.536. The summed E-state index contributed by atoms with van der Waals surface area (Å²) < 4.78 is 5.16. The van der Waals surface area contributed by atoms with Crippen LogP contribution in [-0.2, 0) is 0 Å². The molecule has 1 heterocycles. The van der Waals surface area contributed by atoms with Crippen molar-refractivity contribution < 1.29 is 4.74 Å². The first kappa shape index (κ1) is 15.2. The van der Waals surface area contributed by atoms with Gasteiger partial charge in [-0.1, -0.05) is 17.8 Å². The molecule has 2 aromatic carbocycles. The summed E-state index contributed by atoms with van der Waals surface area (Å²) in [5, 5.41) is 4.01. The monoisotopic (exact) mass is 324 g/mol. The maximum Gasteiger partial charge on any atom is 0.228 e. The SMILES string of the molecule is COc1ccc(Sc2ccnc(Nc3cccc(N)c3)n2)cc1. The van der Waals surface area contributed by atoms with Crippen LogP contribution in [0.5, 0.6) is 5.75 Å². The molecule has 0 aliphatic heterocycles. The van der Waals surface area contributed by atoms with E-state index in [1.165, 1.54) is 0 Å². The van der Waals surface area contributed by atoms with Crippen LogP contribution in [0, 0.1) is 0 Å². The molecule has 0 saturated heterocycles. The highest BCUT2D eigenvalue weighted by molar-refractivity contribution is 7.99. The third kappa shape index (κ3) is 4.14. The summed E-state index contributed by atoms with van der Waals surface area (Å²) in [6.07, 6.45) is 1.73. The zero-order chi connectivity index (χ0) is 16.1.